The van der Waals surface area contributed by atoms with Crippen molar-refractivity contribution in [2.24, 2.45) is 0 Å². The molecule has 3 aliphatic rings. The molecular formula is C27H28N4O5. The fourth-order valence-corrected chi connectivity index (χ4v) is 5.25. The third-order valence-corrected chi connectivity index (χ3v) is 7.18. The Hall–Kier alpha value is -3.72. The molecule has 0 bridgehead atoms. The predicted molar refractivity (Wildman–Crippen MR) is 133 cm³/mol. The first-order valence-corrected chi connectivity index (χ1v) is 12.6. The predicted octanol–water partition coefficient (Wildman–Crippen LogP) is 2.39. The fraction of sp³-hybridized carbons (Fsp3) is 0.407. The van der Waals surface area contributed by atoms with Crippen molar-refractivity contribution in [3.63, 3.8) is 0 Å². The molecule has 0 spiro atoms. The highest BCUT2D eigenvalue weighted by atomic mass is 16.5. The summed E-state index contributed by atoms with van der Waals surface area (Å²) in [6.45, 7) is 2.77. The van der Waals surface area contributed by atoms with Crippen molar-refractivity contribution < 1.29 is 19.1 Å². The summed E-state index contributed by atoms with van der Waals surface area (Å²) >= 11 is 0. The first-order valence-electron chi connectivity index (χ1n) is 12.6. The van der Waals surface area contributed by atoms with Gasteiger partial charge in [0.25, 0.3) is 17.4 Å². The van der Waals surface area contributed by atoms with Gasteiger partial charge in [0, 0.05) is 31.6 Å². The molecule has 6 rings (SSSR count). The van der Waals surface area contributed by atoms with Crippen molar-refractivity contribution >= 4 is 28.4 Å². The number of hydrogen-bond donors (Lipinski definition) is 0. The minimum absolute atomic E-state index is 0.0520. The van der Waals surface area contributed by atoms with Crippen LogP contribution < -0.4 is 15.2 Å². The van der Waals surface area contributed by atoms with E-state index in [9.17, 15) is 14.4 Å². The molecule has 0 saturated carbocycles. The number of fused-ring (bicyclic) bond motifs is 3. The molecule has 1 atom stereocenters. The van der Waals surface area contributed by atoms with Crippen LogP contribution in [0.4, 0.5) is 5.69 Å². The van der Waals surface area contributed by atoms with Crippen molar-refractivity contribution in [1.82, 2.24) is 14.5 Å². The summed E-state index contributed by atoms with van der Waals surface area (Å²) in [6, 6.07) is 12.3. The van der Waals surface area contributed by atoms with Crippen LogP contribution in [-0.4, -0.2) is 65.2 Å². The van der Waals surface area contributed by atoms with E-state index in [0.29, 0.717) is 60.8 Å². The van der Waals surface area contributed by atoms with Crippen LogP contribution in [0.2, 0.25) is 0 Å². The van der Waals surface area contributed by atoms with Crippen molar-refractivity contribution in [1.29, 1.82) is 0 Å². The van der Waals surface area contributed by atoms with Crippen molar-refractivity contribution in [2.75, 3.05) is 37.7 Å². The van der Waals surface area contributed by atoms with Crippen LogP contribution in [0, 0.1) is 0 Å². The Balaban J connectivity index is 1.34. The minimum Gasteiger partial charge on any atom is -0.476 e. The number of aromatic nitrogens is 2. The van der Waals surface area contributed by atoms with E-state index in [1.807, 2.05) is 18.2 Å². The molecule has 186 valence electrons. The second kappa shape index (κ2) is 9.39. The van der Waals surface area contributed by atoms with Crippen LogP contribution >= 0.6 is 0 Å². The Morgan fingerprint density at radius 3 is 2.67 bits per heavy atom. The molecule has 1 fully saturated rings. The normalized spacial score (nSPS) is 19.7. The van der Waals surface area contributed by atoms with Gasteiger partial charge in [-0.1, -0.05) is 18.6 Å². The molecule has 4 heterocycles. The second-order valence-electron chi connectivity index (χ2n) is 9.46. The second-order valence-corrected chi connectivity index (χ2v) is 9.46. The summed E-state index contributed by atoms with van der Waals surface area (Å²) in [7, 11) is 0. The molecule has 3 aromatic rings. The molecule has 1 unspecified atom stereocenters. The first kappa shape index (κ1) is 22.7. The van der Waals surface area contributed by atoms with Crippen molar-refractivity contribution in [3.8, 4) is 5.75 Å². The average molecular weight is 489 g/mol. The van der Waals surface area contributed by atoms with Gasteiger partial charge >= 0.3 is 0 Å². The lowest BCUT2D eigenvalue weighted by atomic mass is 10.1. The monoisotopic (exact) mass is 488 g/mol. The molecule has 3 aliphatic heterocycles. The number of hydrogen-bond acceptors (Lipinski definition) is 6. The van der Waals surface area contributed by atoms with Crippen LogP contribution in [0.1, 0.15) is 35.4 Å². The van der Waals surface area contributed by atoms with Crippen molar-refractivity contribution in [3.05, 3.63) is 64.2 Å². The number of carbonyl (C=O) groups excluding carboxylic acids is 2. The molecule has 1 aromatic heterocycles. The Labute approximate surface area is 208 Å². The molecular weight excluding hydrogens is 460 g/mol. The Kier molecular flexibility index (Phi) is 5.92. The summed E-state index contributed by atoms with van der Waals surface area (Å²) in [6.07, 6.45) is 2.99. The Morgan fingerprint density at radius 2 is 1.81 bits per heavy atom. The van der Waals surface area contributed by atoms with E-state index in [2.05, 4.69) is 0 Å². The fourth-order valence-electron chi connectivity index (χ4n) is 5.25. The lowest BCUT2D eigenvalue weighted by Crippen LogP contribution is -2.54. The highest BCUT2D eigenvalue weighted by molar-refractivity contribution is 6.09. The van der Waals surface area contributed by atoms with Gasteiger partial charge in [-0.2, -0.15) is 0 Å². The number of carbonyl (C=O) groups is 2. The molecule has 0 radical (unpaired) electrons. The number of rotatable bonds is 2. The summed E-state index contributed by atoms with van der Waals surface area (Å²) in [5.74, 6) is 0.861. The number of para-hydroxylation sites is 2. The number of benzene rings is 2. The zero-order valence-electron chi connectivity index (χ0n) is 20.0. The number of morpholine rings is 1. The van der Waals surface area contributed by atoms with Gasteiger partial charge in [-0.05, 0) is 43.2 Å². The summed E-state index contributed by atoms with van der Waals surface area (Å²) < 4.78 is 13.2. The zero-order valence-corrected chi connectivity index (χ0v) is 20.0. The van der Waals surface area contributed by atoms with Crippen LogP contribution in [0.5, 0.6) is 5.75 Å². The number of ether oxygens (including phenoxy) is 2. The van der Waals surface area contributed by atoms with Gasteiger partial charge in [-0.3, -0.25) is 19.0 Å². The highest BCUT2D eigenvalue weighted by Crippen LogP contribution is 2.35. The van der Waals surface area contributed by atoms with Gasteiger partial charge < -0.3 is 19.3 Å². The van der Waals surface area contributed by atoms with E-state index < -0.39 is 6.10 Å². The summed E-state index contributed by atoms with van der Waals surface area (Å²) in [5.41, 5.74) is 1.51. The van der Waals surface area contributed by atoms with Crippen LogP contribution in [0.3, 0.4) is 0 Å². The van der Waals surface area contributed by atoms with E-state index >= 15 is 0 Å². The average Bonchev–Trinajstić information content (AvgIpc) is 3.17. The van der Waals surface area contributed by atoms with Gasteiger partial charge in [0.1, 0.15) is 11.6 Å². The van der Waals surface area contributed by atoms with Crippen LogP contribution in [0.25, 0.3) is 10.9 Å². The molecule has 0 N–H and O–H groups in total. The van der Waals surface area contributed by atoms with Gasteiger partial charge in [0.2, 0.25) is 0 Å². The maximum absolute atomic E-state index is 13.8. The highest BCUT2D eigenvalue weighted by Gasteiger charge is 2.36. The molecule has 36 heavy (non-hydrogen) atoms. The third kappa shape index (κ3) is 4.03. The first-order chi connectivity index (χ1) is 17.6. The quantitative estimate of drug-likeness (QED) is 0.550. The number of amides is 2. The van der Waals surface area contributed by atoms with E-state index in [1.54, 1.807) is 38.6 Å². The maximum Gasteiger partial charge on any atom is 0.265 e. The number of anilines is 1. The van der Waals surface area contributed by atoms with Gasteiger partial charge in [0.15, 0.2) is 6.10 Å². The minimum atomic E-state index is -0.805. The standard InChI is InChI=1S/C27H28N4O5/c32-25(18-9-10-19-20(16-18)28-24-8-2-1-5-11-30(24)26(19)33)31-17-23(27(34)29-12-14-35-15-13-29)36-22-7-4-3-6-21(22)31/h3-4,6-7,9-10,16,23H,1-2,5,8,11-15,17H2. The molecule has 9 nitrogen and oxygen atoms in total. The largest absolute Gasteiger partial charge is 0.476 e. The Morgan fingerprint density at radius 1 is 0.972 bits per heavy atom. The molecule has 2 amide bonds. The Bertz CT molecular complexity index is 1390. The molecule has 2 aromatic carbocycles. The topological polar surface area (TPSA) is 94.0 Å². The van der Waals surface area contributed by atoms with Gasteiger partial charge in [-0.15, -0.1) is 0 Å². The molecule has 0 aliphatic carbocycles. The summed E-state index contributed by atoms with van der Waals surface area (Å²) in [4.78, 5) is 48.2. The number of nitrogens with zero attached hydrogens (tertiary/aromatic N) is 4. The van der Waals surface area contributed by atoms with Crippen LogP contribution in [0.15, 0.2) is 47.3 Å². The van der Waals surface area contributed by atoms with Crippen LogP contribution in [-0.2, 0) is 22.5 Å². The van der Waals surface area contributed by atoms with E-state index in [-0.39, 0.29) is 23.9 Å². The lowest BCUT2D eigenvalue weighted by molar-refractivity contribution is -0.142. The van der Waals surface area contributed by atoms with E-state index in [0.717, 1.165) is 31.5 Å². The van der Waals surface area contributed by atoms with E-state index in [4.69, 9.17) is 14.5 Å². The third-order valence-electron chi connectivity index (χ3n) is 7.18. The lowest BCUT2D eigenvalue weighted by Gasteiger charge is -2.37. The maximum atomic E-state index is 13.8. The molecule has 9 heteroatoms. The SMILES string of the molecule is O=C(C1CN(C(=O)c2ccc3c(=O)n4c(nc3c2)CCCCC4)c2ccccc2O1)N1CCOCC1. The molecule has 1 saturated heterocycles. The van der Waals surface area contributed by atoms with Gasteiger partial charge in [-0.25, -0.2) is 4.98 Å². The number of aryl methyl sites for hydroxylation is 1. The zero-order chi connectivity index (χ0) is 24.6. The van der Waals surface area contributed by atoms with E-state index in [1.165, 1.54) is 0 Å². The van der Waals surface area contributed by atoms with Gasteiger partial charge in [0.05, 0.1) is 36.3 Å². The summed E-state index contributed by atoms with van der Waals surface area (Å²) in [5, 5.41) is 0.514. The smallest absolute Gasteiger partial charge is 0.265 e. The van der Waals surface area contributed by atoms with Crippen molar-refractivity contribution in [2.45, 2.75) is 38.3 Å².